The summed E-state index contributed by atoms with van der Waals surface area (Å²) in [6.07, 6.45) is 4.92. The van der Waals surface area contributed by atoms with Crippen molar-refractivity contribution in [3.05, 3.63) is 0 Å². The highest BCUT2D eigenvalue weighted by Crippen LogP contribution is 2.35. The Kier molecular flexibility index (Phi) is 4.59. The van der Waals surface area contributed by atoms with Crippen molar-refractivity contribution in [1.82, 2.24) is 10.2 Å². The molecule has 5 nitrogen and oxygen atoms in total. The van der Waals surface area contributed by atoms with Crippen molar-refractivity contribution in [3.8, 4) is 0 Å². The molecule has 0 aliphatic carbocycles. The predicted molar refractivity (Wildman–Crippen MR) is 72.0 cm³/mol. The number of piperidine rings is 1. The van der Waals surface area contributed by atoms with Crippen LogP contribution in [-0.2, 0) is 4.79 Å². The zero-order chi connectivity index (χ0) is 13.0. The molecule has 104 valence electrons. The quantitative estimate of drug-likeness (QED) is 0.586. The van der Waals surface area contributed by atoms with Crippen molar-refractivity contribution in [2.24, 2.45) is 16.9 Å². The molecule has 0 bridgehead atoms. The van der Waals surface area contributed by atoms with Crippen molar-refractivity contribution in [3.63, 3.8) is 0 Å². The van der Waals surface area contributed by atoms with E-state index < -0.39 is 0 Å². The van der Waals surface area contributed by atoms with Gasteiger partial charge in [-0.1, -0.05) is 6.42 Å². The van der Waals surface area contributed by atoms with E-state index in [2.05, 4.69) is 5.32 Å². The second-order valence-electron chi connectivity index (χ2n) is 5.82. The number of unbranched alkanes of at least 4 members (excludes halogenated alkanes) is 1. The maximum Gasteiger partial charge on any atom is 0.239 e. The molecule has 0 saturated carbocycles. The first-order valence-electron chi connectivity index (χ1n) is 7.12. The summed E-state index contributed by atoms with van der Waals surface area (Å²) < 4.78 is 0. The number of likely N-dealkylation sites (tertiary alicyclic amines) is 1. The van der Waals surface area contributed by atoms with Crippen LogP contribution in [0.3, 0.4) is 0 Å². The Morgan fingerprint density at radius 2 is 1.94 bits per heavy atom. The number of amides is 1. The van der Waals surface area contributed by atoms with Gasteiger partial charge in [0.05, 0.1) is 6.04 Å². The molecule has 2 aliphatic rings. The zero-order valence-electron chi connectivity index (χ0n) is 11.2. The van der Waals surface area contributed by atoms with Crippen molar-refractivity contribution < 1.29 is 4.79 Å². The number of carbonyl (C=O) groups excluding carboxylic acids is 1. The van der Waals surface area contributed by atoms with Gasteiger partial charge in [-0.3, -0.25) is 4.79 Å². The summed E-state index contributed by atoms with van der Waals surface area (Å²) in [5.74, 6) is 0.133. The third-order valence-electron chi connectivity index (χ3n) is 4.42. The predicted octanol–water partition coefficient (Wildman–Crippen LogP) is -0.345. The fourth-order valence-electron chi connectivity index (χ4n) is 2.90. The number of hydrogen-bond acceptors (Lipinski definition) is 4. The number of carbonyl (C=O) groups is 1. The van der Waals surface area contributed by atoms with Crippen molar-refractivity contribution in [2.75, 3.05) is 32.7 Å². The second-order valence-corrected chi connectivity index (χ2v) is 5.82. The summed E-state index contributed by atoms with van der Waals surface area (Å²) in [4.78, 5) is 14.1. The molecule has 0 aromatic heterocycles. The number of hydrogen-bond donors (Lipinski definition) is 3. The molecule has 18 heavy (non-hydrogen) atoms. The number of rotatable bonds is 5. The Morgan fingerprint density at radius 3 is 2.44 bits per heavy atom. The van der Waals surface area contributed by atoms with E-state index in [1.165, 1.54) is 0 Å². The van der Waals surface area contributed by atoms with Crippen molar-refractivity contribution in [2.45, 2.75) is 38.1 Å². The zero-order valence-corrected chi connectivity index (χ0v) is 11.2. The lowest BCUT2D eigenvalue weighted by Gasteiger charge is -2.48. The van der Waals surface area contributed by atoms with Gasteiger partial charge in [0.15, 0.2) is 0 Å². The van der Waals surface area contributed by atoms with Gasteiger partial charge in [-0.25, -0.2) is 0 Å². The minimum absolute atomic E-state index is 0.133. The molecule has 1 spiro atoms. The van der Waals surface area contributed by atoms with Crippen LogP contribution in [0.4, 0.5) is 0 Å². The Balaban J connectivity index is 1.72. The monoisotopic (exact) mass is 254 g/mol. The van der Waals surface area contributed by atoms with Crippen molar-refractivity contribution in [1.29, 1.82) is 0 Å². The van der Waals surface area contributed by atoms with Gasteiger partial charge in [-0.2, -0.15) is 0 Å². The fraction of sp³-hybridized carbons (Fsp3) is 0.923. The molecule has 1 atom stereocenters. The molecule has 5 heteroatoms. The molecule has 0 aromatic rings. The van der Waals surface area contributed by atoms with Crippen LogP contribution in [0.15, 0.2) is 0 Å². The third-order valence-corrected chi connectivity index (χ3v) is 4.42. The Labute approximate surface area is 109 Å². The standard InChI is InChI=1S/C13H26N4O/c14-6-2-1-3-11(15)12(18)17-7-4-13(5-8-17)9-16-10-13/h11,16H,1-10,14-15H2/t11-/m1/s1. The van der Waals surface area contributed by atoms with E-state index in [-0.39, 0.29) is 11.9 Å². The summed E-state index contributed by atoms with van der Waals surface area (Å²) in [6.45, 7) is 4.69. The number of nitrogens with two attached hydrogens (primary N) is 2. The molecule has 2 saturated heterocycles. The Morgan fingerprint density at radius 1 is 1.28 bits per heavy atom. The summed E-state index contributed by atoms with van der Waals surface area (Å²) in [6, 6.07) is -0.329. The molecule has 0 radical (unpaired) electrons. The number of nitrogens with one attached hydrogen (secondary N) is 1. The van der Waals surface area contributed by atoms with Gasteiger partial charge in [0.25, 0.3) is 0 Å². The van der Waals surface area contributed by atoms with E-state index in [0.29, 0.717) is 12.0 Å². The van der Waals surface area contributed by atoms with Gasteiger partial charge >= 0.3 is 0 Å². The van der Waals surface area contributed by atoms with Gasteiger partial charge in [0.2, 0.25) is 5.91 Å². The fourth-order valence-corrected chi connectivity index (χ4v) is 2.90. The van der Waals surface area contributed by atoms with Crippen LogP contribution in [-0.4, -0.2) is 49.6 Å². The highest BCUT2D eigenvalue weighted by atomic mass is 16.2. The summed E-state index contributed by atoms with van der Waals surface area (Å²) in [7, 11) is 0. The first kappa shape index (κ1) is 13.8. The lowest BCUT2D eigenvalue weighted by molar-refractivity contribution is -0.135. The smallest absolute Gasteiger partial charge is 0.239 e. The van der Waals surface area contributed by atoms with Gasteiger partial charge < -0.3 is 21.7 Å². The highest BCUT2D eigenvalue weighted by Gasteiger charge is 2.40. The lowest BCUT2D eigenvalue weighted by atomic mass is 9.73. The molecular weight excluding hydrogens is 228 g/mol. The SMILES string of the molecule is NCCCC[C@@H](N)C(=O)N1CCC2(CC1)CNC2. The lowest BCUT2D eigenvalue weighted by Crippen LogP contribution is -2.59. The molecule has 2 fully saturated rings. The van der Waals surface area contributed by atoms with E-state index in [1.54, 1.807) is 0 Å². The van der Waals surface area contributed by atoms with E-state index >= 15 is 0 Å². The van der Waals surface area contributed by atoms with E-state index in [9.17, 15) is 4.79 Å². The van der Waals surface area contributed by atoms with Crippen LogP contribution in [0.5, 0.6) is 0 Å². The molecule has 0 aromatic carbocycles. The van der Waals surface area contributed by atoms with Crippen LogP contribution in [0.25, 0.3) is 0 Å². The Hall–Kier alpha value is -0.650. The molecule has 2 rings (SSSR count). The highest BCUT2D eigenvalue weighted by molar-refractivity contribution is 5.81. The average Bonchev–Trinajstić information content (AvgIpc) is 2.36. The largest absolute Gasteiger partial charge is 0.341 e. The van der Waals surface area contributed by atoms with Crippen molar-refractivity contribution >= 4 is 5.91 Å². The molecular formula is C13H26N4O. The molecule has 5 N–H and O–H groups in total. The van der Waals surface area contributed by atoms with Crippen LogP contribution < -0.4 is 16.8 Å². The third kappa shape index (κ3) is 3.02. The topological polar surface area (TPSA) is 84.4 Å². The van der Waals surface area contributed by atoms with Gasteiger partial charge in [0.1, 0.15) is 0 Å². The normalized spacial score (nSPS) is 23.8. The van der Waals surface area contributed by atoms with E-state index in [0.717, 1.165) is 58.3 Å². The molecule has 2 aliphatic heterocycles. The van der Waals surface area contributed by atoms with Crippen LogP contribution in [0, 0.1) is 5.41 Å². The maximum absolute atomic E-state index is 12.2. The van der Waals surface area contributed by atoms with E-state index in [1.807, 2.05) is 4.90 Å². The average molecular weight is 254 g/mol. The Bertz CT molecular complexity index is 281. The van der Waals surface area contributed by atoms with E-state index in [4.69, 9.17) is 11.5 Å². The van der Waals surface area contributed by atoms with Gasteiger partial charge in [-0.05, 0) is 37.6 Å². The summed E-state index contributed by atoms with van der Waals surface area (Å²) >= 11 is 0. The second kappa shape index (κ2) is 5.99. The minimum Gasteiger partial charge on any atom is -0.341 e. The van der Waals surface area contributed by atoms with Crippen LogP contribution >= 0.6 is 0 Å². The van der Waals surface area contributed by atoms with Crippen LogP contribution in [0.2, 0.25) is 0 Å². The summed E-state index contributed by atoms with van der Waals surface area (Å²) in [5.41, 5.74) is 11.9. The first-order valence-corrected chi connectivity index (χ1v) is 7.12. The first-order chi connectivity index (χ1) is 8.67. The van der Waals surface area contributed by atoms with Gasteiger partial charge in [0, 0.05) is 26.2 Å². The molecule has 0 unspecified atom stereocenters. The maximum atomic E-state index is 12.2. The van der Waals surface area contributed by atoms with Gasteiger partial charge in [-0.15, -0.1) is 0 Å². The summed E-state index contributed by atoms with van der Waals surface area (Å²) in [5, 5.41) is 3.33. The molecule has 1 amide bonds. The number of nitrogens with zero attached hydrogens (tertiary/aromatic N) is 1. The van der Waals surface area contributed by atoms with Crippen LogP contribution in [0.1, 0.15) is 32.1 Å². The minimum atomic E-state index is -0.329. The molecule has 2 heterocycles.